The Kier molecular flexibility index (Phi) is 4.37. The van der Waals surface area contributed by atoms with Crippen molar-refractivity contribution in [3.63, 3.8) is 0 Å². The Morgan fingerprint density at radius 2 is 1.83 bits per heavy atom. The van der Waals surface area contributed by atoms with E-state index >= 15 is 0 Å². The number of benzene rings is 2. The molecule has 7 heteroatoms. The fourth-order valence-corrected chi connectivity index (χ4v) is 4.75. The predicted octanol–water partition coefficient (Wildman–Crippen LogP) is 2.19. The molecule has 3 rings (SSSR count). The molecule has 2 aromatic carbocycles. The van der Waals surface area contributed by atoms with Gasteiger partial charge in [0, 0.05) is 6.54 Å². The number of nitrogens with zero attached hydrogens (tertiary/aromatic N) is 2. The van der Waals surface area contributed by atoms with Gasteiger partial charge in [-0.15, -0.1) is 0 Å². The van der Waals surface area contributed by atoms with Gasteiger partial charge in [-0.1, -0.05) is 24.3 Å². The van der Waals surface area contributed by atoms with Crippen LogP contribution >= 0.6 is 0 Å². The number of aliphatic hydroxyl groups excluding tert-OH is 1. The maximum Gasteiger partial charge on any atom is 0.245 e. The third-order valence-electron chi connectivity index (χ3n) is 4.08. The lowest BCUT2D eigenvalue weighted by Crippen LogP contribution is -2.32. The molecule has 0 bridgehead atoms. The van der Waals surface area contributed by atoms with E-state index in [1.807, 2.05) is 6.07 Å². The molecule has 1 saturated heterocycles. The van der Waals surface area contributed by atoms with Gasteiger partial charge >= 0.3 is 0 Å². The largest absolute Gasteiger partial charge is 0.392 e. The van der Waals surface area contributed by atoms with Gasteiger partial charge in [0.05, 0.1) is 22.6 Å². The van der Waals surface area contributed by atoms with Crippen LogP contribution in [0.1, 0.15) is 23.6 Å². The first-order chi connectivity index (χ1) is 11.4. The Bertz CT molecular complexity index is 891. The van der Waals surface area contributed by atoms with Crippen molar-refractivity contribution < 1.29 is 17.9 Å². The number of aliphatic hydroxyl groups is 1. The van der Waals surface area contributed by atoms with E-state index in [9.17, 15) is 17.9 Å². The second-order valence-electron chi connectivity index (χ2n) is 5.64. The molecule has 1 heterocycles. The molecular weight excluding hydrogens is 331 g/mol. The SMILES string of the molecule is N#Cc1ccccc1S(=O)(=O)N1C[C@@H](O)C[C@H]1c1ccc(F)cc1. The van der Waals surface area contributed by atoms with E-state index in [0.29, 0.717) is 5.56 Å². The van der Waals surface area contributed by atoms with Crippen molar-refractivity contribution in [3.8, 4) is 6.07 Å². The maximum absolute atomic E-state index is 13.1. The highest BCUT2D eigenvalue weighted by Crippen LogP contribution is 2.37. The molecule has 1 aliphatic heterocycles. The molecule has 1 fully saturated rings. The molecule has 2 aromatic rings. The van der Waals surface area contributed by atoms with Crippen LogP contribution in [0, 0.1) is 17.1 Å². The van der Waals surface area contributed by atoms with Gasteiger partial charge in [0.2, 0.25) is 10.0 Å². The molecular formula is C17H15FN2O3S. The number of rotatable bonds is 3. The molecule has 0 spiro atoms. The number of sulfonamides is 1. The summed E-state index contributed by atoms with van der Waals surface area (Å²) in [4.78, 5) is -0.0892. The van der Waals surface area contributed by atoms with Crippen LogP contribution < -0.4 is 0 Å². The highest BCUT2D eigenvalue weighted by atomic mass is 32.2. The lowest BCUT2D eigenvalue weighted by Gasteiger charge is -2.24. The second kappa shape index (κ2) is 6.32. The minimum absolute atomic E-state index is 0.0525. The summed E-state index contributed by atoms with van der Waals surface area (Å²) in [6.07, 6.45) is -0.594. The normalized spacial score (nSPS) is 21.5. The lowest BCUT2D eigenvalue weighted by molar-refractivity contribution is 0.188. The fourth-order valence-electron chi connectivity index (χ4n) is 2.95. The molecule has 2 atom stereocenters. The minimum atomic E-state index is -3.96. The Hall–Kier alpha value is -2.27. The van der Waals surface area contributed by atoms with Crippen LogP contribution in [-0.2, 0) is 10.0 Å². The molecule has 1 N–H and O–H groups in total. The Morgan fingerprint density at radius 3 is 2.50 bits per heavy atom. The molecule has 5 nitrogen and oxygen atoms in total. The molecule has 1 aliphatic rings. The molecule has 0 amide bonds. The van der Waals surface area contributed by atoms with E-state index in [2.05, 4.69) is 0 Å². The fraction of sp³-hybridized carbons (Fsp3) is 0.235. The minimum Gasteiger partial charge on any atom is -0.392 e. The second-order valence-corrected chi connectivity index (χ2v) is 7.50. The molecule has 0 aliphatic carbocycles. The molecule has 0 saturated carbocycles. The average Bonchev–Trinajstić information content (AvgIpc) is 2.98. The first-order valence-electron chi connectivity index (χ1n) is 7.38. The van der Waals surface area contributed by atoms with Gasteiger partial charge in [-0.25, -0.2) is 12.8 Å². The third kappa shape index (κ3) is 2.91. The van der Waals surface area contributed by atoms with Crippen LogP contribution in [0.15, 0.2) is 53.4 Å². The van der Waals surface area contributed by atoms with Gasteiger partial charge in [-0.05, 0) is 36.2 Å². The van der Waals surface area contributed by atoms with E-state index in [1.54, 1.807) is 12.1 Å². The lowest BCUT2D eigenvalue weighted by atomic mass is 10.0. The van der Waals surface area contributed by atoms with Gasteiger partial charge in [0.25, 0.3) is 0 Å². The van der Waals surface area contributed by atoms with Crippen LogP contribution in [0.3, 0.4) is 0 Å². The van der Waals surface area contributed by atoms with Crippen molar-refractivity contribution in [2.24, 2.45) is 0 Å². The Balaban J connectivity index is 2.05. The summed E-state index contributed by atoms with van der Waals surface area (Å²) < 4.78 is 40.3. The van der Waals surface area contributed by atoms with E-state index < -0.39 is 28.0 Å². The van der Waals surface area contributed by atoms with E-state index in [-0.39, 0.29) is 23.4 Å². The summed E-state index contributed by atoms with van der Waals surface area (Å²) in [7, 11) is -3.96. The summed E-state index contributed by atoms with van der Waals surface area (Å²) in [6.45, 7) is -0.0653. The summed E-state index contributed by atoms with van der Waals surface area (Å²) in [5.41, 5.74) is 0.655. The monoisotopic (exact) mass is 346 g/mol. The smallest absolute Gasteiger partial charge is 0.245 e. The highest BCUT2D eigenvalue weighted by molar-refractivity contribution is 7.89. The Labute approximate surface area is 139 Å². The van der Waals surface area contributed by atoms with Crippen molar-refractivity contribution in [2.75, 3.05) is 6.54 Å². The average molecular weight is 346 g/mol. The number of halogens is 1. The van der Waals surface area contributed by atoms with Crippen LogP contribution in [0.5, 0.6) is 0 Å². The van der Waals surface area contributed by atoms with Crippen molar-refractivity contribution >= 4 is 10.0 Å². The summed E-state index contributed by atoms with van der Waals surface area (Å²) in [5.74, 6) is -0.415. The van der Waals surface area contributed by atoms with Crippen LogP contribution in [0.4, 0.5) is 4.39 Å². The van der Waals surface area contributed by atoms with Crippen molar-refractivity contribution in [3.05, 3.63) is 65.5 Å². The topological polar surface area (TPSA) is 81.4 Å². The summed E-state index contributed by atoms with van der Waals surface area (Å²) in [6, 6.07) is 12.8. The molecule has 0 radical (unpaired) electrons. The van der Waals surface area contributed by atoms with Gasteiger partial charge in [-0.2, -0.15) is 9.57 Å². The zero-order valence-corrected chi connectivity index (χ0v) is 13.4. The first-order valence-corrected chi connectivity index (χ1v) is 8.82. The number of nitriles is 1. The van der Waals surface area contributed by atoms with E-state index in [0.717, 1.165) is 0 Å². The van der Waals surface area contributed by atoms with E-state index in [1.165, 1.54) is 40.7 Å². The summed E-state index contributed by atoms with van der Waals surface area (Å²) in [5, 5.41) is 19.1. The highest BCUT2D eigenvalue weighted by Gasteiger charge is 2.41. The standard InChI is InChI=1S/C17H15FN2O3S/c18-14-7-5-12(6-8-14)16-9-15(21)11-20(16)24(22,23)17-4-2-1-3-13(17)10-19/h1-8,15-16,21H,9,11H2/t15-,16-/m0/s1. The van der Waals surface area contributed by atoms with Crippen LogP contribution in [0.25, 0.3) is 0 Å². The zero-order chi connectivity index (χ0) is 17.3. The van der Waals surface area contributed by atoms with Gasteiger partial charge in [-0.3, -0.25) is 0 Å². The van der Waals surface area contributed by atoms with Gasteiger partial charge in [0.1, 0.15) is 11.9 Å². The van der Waals surface area contributed by atoms with Crippen molar-refractivity contribution in [1.82, 2.24) is 4.31 Å². The molecule has 124 valence electrons. The van der Waals surface area contributed by atoms with Crippen molar-refractivity contribution in [1.29, 1.82) is 5.26 Å². The quantitative estimate of drug-likeness (QED) is 0.924. The molecule has 24 heavy (non-hydrogen) atoms. The molecule has 0 aromatic heterocycles. The first kappa shape index (κ1) is 16.6. The Morgan fingerprint density at radius 1 is 1.17 bits per heavy atom. The number of hydrogen-bond donors (Lipinski definition) is 1. The van der Waals surface area contributed by atoms with Gasteiger partial charge < -0.3 is 5.11 Å². The molecule has 0 unspecified atom stereocenters. The van der Waals surface area contributed by atoms with Crippen molar-refractivity contribution in [2.45, 2.75) is 23.5 Å². The van der Waals surface area contributed by atoms with Crippen LogP contribution in [-0.4, -0.2) is 30.5 Å². The van der Waals surface area contributed by atoms with E-state index in [4.69, 9.17) is 5.26 Å². The number of β-amino-alcohol motifs (C(OH)–C–C–N with tert-alkyl or cyclic N) is 1. The summed E-state index contributed by atoms with van der Waals surface area (Å²) >= 11 is 0. The maximum atomic E-state index is 13.1. The number of hydrogen-bond acceptors (Lipinski definition) is 4. The predicted molar refractivity (Wildman–Crippen MR) is 84.8 cm³/mol. The zero-order valence-electron chi connectivity index (χ0n) is 12.6. The van der Waals surface area contributed by atoms with Gasteiger partial charge in [0.15, 0.2) is 0 Å². The third-order valence-corrected chi connectivity index (χ3v) is 6.02. The van der Waals surface area contributed by atoms with Crippen LogP contribution in [0.2, 0.25) is 0 Å².